The third kappa shape index (κ3) is 2.42. The number of nitrogens with zero attached hydrogens (tertiary/aromatic N) is 2. The van der Waals surface area contributed by atoms with Crippen LogP contribution in [0.25, 0.3) is 0 Å². The molecule has 1 aliphatic heterocycles. The summed E-state index contributed by atoms with van der Waals surface area (Å²) in [4.78, 5) is -7.38. The topological polar surface area (TPSA) is 6.48 Å². The van der Waals surface area contributed by atoms with Crippen molar-refractivity contribution in [1.82, 2.24) is 8.88 Å². The molecule has 0 aliphatic carbocycles. The molecule has 100 valence electrons. The summed E-state index contributed by atoms with van der Waals surface area (Å²) in [6.45, 7) is 4.89. The van der Waals surface area contributed by atoms with Gasteiger partial charge in [-0.25, -0.2) is 0 Å². The van der Waals surface area contributed by atoms with E-state index in [0.29, 0.717) is 13.1 Å². The SMILES string of the molecule is CCCN1P(Cl)(Cl)(Cl)N(CCC)P1(Cl)(Cl)Cl. The van der Waals surface area contributed by atoms with E-state index in [1.165, 1.54) is 8.88 Å². The molecule has 1 aliphatic rings. The van der Waals surface area contributed by atoms with E-state index in [4.69, 9.17) is 67.4 Å². The molecule has 0 saturated carbocycles. The molecule has 2 nitrogen and oxygen atoms in total. The number of rotatable bonds is 4. The average molecular weight is 389 g/mol. The first-order valence-electron chi connectivity index (χ1n) is 4.86. The van der Waals surface area contributed by atoms with Crippen LogP contribution in [0.1, 0.15) is 26.7 Å². The number of halogens is 6. The van der Waals surface area contributed by atoms with E-state index in [2.05, 4.69) is 0 Å². The normalized spacial score (nSPS) is 36.2. The molecule has 0 aromatic heterocycles. The number of hydrogen-bond donors (Lipinski definition) is 0. The Morgan fingerprint density at radius 1 is 0.688 bits per heavy atom. The average Bonchev–Trinajstić information content (AvgIpc) is 2.07. The van der Waals surface area contributed by atoms with Gasteiger partial charge in [0.2, 0.25) is 0 Å². The zero-order chi connectivity index (χ0) is 12.9. The Labute approximate surface area is 125 Å². The van der Waals surface area contributed by atoms with E-state index in [1.54, 1.807) is 0 Å². The molecule has 0 bridgehead atoms. The minimum absolute atomic E-state index is 0.489. The van der Waals surface area contributed by atoms with Gasteiger partial charge in [-0.1, -0.05) is 0 Å². The summed E-state index contributed by atoms with van der Waals surface area (Å²) >= 11 is 37.9. The maximum atomic E-state index is 6.32. The van der Waals surface area contributed by atoms with Gasteiger partial charge < -0.3 is 0 Å². The molecule has 0 aromatic rings. The second-order valence-corrected chi connectivity index (χ2v) is 23.8. The summed E-state index contributed by atoms with van der Waals surface area (Å²) in [5, 5.41) is 0. The van der Waals surface area contributed by atoms with Crippen LogP contribution in [-0.4, -0.2) is 22.0 Å². The van der Waals surface area contributed by atoms with Crippen molar-refractivity contribution in [2.45, 2.75) is 26.7 Å². The van der Waals surface area contributed by atoms with Gasteiger partial charge in [-0.15, -0.1) is 0 Å². The van der Waals surface area contributed by atoms with Gasteiger partial charge in [-0.3, -0.25) is 0 Å². The van der Waals surface area contributed by atoms with Crippen LogP contribution in [0.15, 0.2) is 0 Å². The third-order valence-electron chi connectivity index (χ3n) is 2.31. The molecule has 0 atom stereocenters. The van der Waals surface area contributed by atoms with E-state index in [-0.39, 0.29) is 0 Å². The predicted octanol–water partition coefficient (Wildman–Crippen LogP) is 7.11. The predicted molar refractivity (Wildman–Crippen MR) is 83.0 cm³/mol. The summed E-state index contributed by atoms with van der Waals surface area (Å²) in [6, 6.07) is 0. The van der Waals surface area contributed by atoms with Crippen LogP contribution in [-0.2, 0) is 0 Å². The molecule has 1 rings (SSSR count). The van der Waals surface area contributed by atoms with Crippen LogP contribution in [0.2, 0.25) is 0 Å². The molecule has 1 heterocycles. The molecule has 16 heavy (non-hydrogen) atoms. The van der Waals surface area contributed by atoms with Crippen LogP contribution in [0.4, 0.5) is 0 Å². The minimum atomic E-state index is -3.69. The van der Waals surface area contributed by atoms with Gasteiger partial charge in [0, 0.05) is 0 Å². The van der Waals surface area contributed by atoms with Crippen LogP contribution in [0.3, 0.4) is 0 Å². The Morgan fingerprint density at radius 2 is 0.938 bits per heavy atom. The molecule has 0 spiro atoms. The van der Waals surface area contributed by atoms with Crippen molar-refractivity contribution in [3.63, 3.8) is 0 Å². The van der Waals surface area contributed by atoms with Crippen LogP contribution >= 0.6 is 77.4 Å². The second kappa shape index (κ2) is 4.52. The third-order valence-corrected chi connectivity index (χ3v) is 20.6. The van der Waals surface area contributed by atoms with Crippen molar-refractivity contribution in [1.29, 1.82) is 0 Å². The van der Waals surface area contributed by atoms with E-state index >= 15 is 0 Å². The maximum absolute atomic E-state index is 6.32. The Balaban J connectivity index is 3.12. The molecule has 0 unspecified atom stereocenters. The molecule has 0 N–H and O–H groups in total. The molecule has 1 saturated heterocycles. The van der Waals surface area contributed by atoms with Crippen molar-refractivity contribution in [3.8, 4) is 0 Å². The monoisotopic (exact) mass is 386 g/mol. The van der Waals surface area contributed by atoms with Crippen molar-refractivity contribution in [2.24, 2.45) is 0 Å². The van der Waals surface area contributed by atoms with Gasteiger partial charge in [0.25, 0.3) is 0 Å². The van der Waals surface area contributed by atoms with Crippen molar-refractivity contribution < 1.29 is 0 Å². The molecular formula is C6H14Cl6N2P2. The zero-order valence-corrected chi connectivity index (χ0v) is 15.2. The Bertz CT molecular complexity index is 249. The molecule has 1 fully saturated rings. The van der Waals surface area contributed by atoms with Gasteiger partial charge in [-0.2, -0.15) is 0 Å². The molecular weight excluding hydrogens is 375 g/mol. The first kappa shape index (κ1) is 16.6. The van der Waals surface area contributed by atoms with Crippen LogP contribution in [0, 0.1) is 0 Å². The number of hydrogen-bond acceptors (Lipinski definition) is 2. The van der Waals surface area contributed by atoms with Gasteiger partial charge in [0.05, 0.1) is 0 Å². The van der Waals surface area contributed by atoms with Crippen LogP contribution < -0.4 is 0 Å². The summed E-state index contributed by atoms with van der Waals surface area (Å²) in [5.41, 5.74) is 0. The van der Waals surface area contributed by atoms with Crippen LogP contribution in [0.5, 0.6) is 0 Å². The first-order chi connectivity index (χ1) is 6.95. The fourth-order valence-corrected chi connectivity index (χ4v) is 31.0. The first-order valence-corrected chi connectivity index (χ1v) is 14.6. The van der Waals surface area contributed by atoms with E-state index in [0.717, 1.165) is 12.8 Å². The van der Waals surface area contributed by atoms with Crippen molar-refractivity contribution >= 4 is 77.4 Å². The molecule has 10 heteroatoms. The van der Waals surface area contributed by atoms with E-state index in [9.17, 15) is 0 Å². The quantitative estimate of drug-likeness (QED) is 0.473. The van der Waals surface area contributed by atoms with Gasteiger partial charge >= 0.3 is 126 Å². The molecule has 0 aromatic carbocycles. The fraction of sp³-hybridized carbons (Fsp3) is 1.00. The Kier molecular flexibility index (Phi) is 4.68. The van der Waals surface area contributed by atoms with Gasteiger partial charge in [0.15, 0.2) is 0 Å². The fourth-order valence-electron chi connectivity index (χ4n) is 1.69. The summed E-state index contributed by atoms with van der Waals surface area (Å²) in [6.07, 6.45) is 1.54. The van der Waals surface area contributed by atoms with E-state index < -0.39 is 9.93 Å². The van der Waals surface area contributed by atoms with Gasteiger partial charge in [0.1, 0.15) is 0 Å². The summed E-state index contributed by atoms with van der Waals surface area (Å²) in [5.74, 6) is 0. The van der Waals surface area contributed by atoms with Crippen molar-refractivity contribution in [3.05, 3.63) is 0 Å². The summed E-state index contributed by atoms with van der Waals surface area (Å²) in [7, 11) is 0. The summed E-state index contributed by atoms with van der Waals surface area (Å²) < 4.78 is 3.00. The molecule has 0 amide bonds. The standard InChI is InChI=1S/C6H14Cl6N2P2/c1-3-5-13-15(7,8,9)14(6-4-2)16(13,10,11)12/h3-6H2,1-2H3. The molecule has 0 radical (unpaired) electrons. The zero-order valence-electron chi connectivity index (χ0n) is 8.89. The van der Waals surface area contributed by atoms with Crippen molar-refractivity contribution in [2.75, 3.05) is 13.1 Å². The Hall–Kier alpha value is 2.52. The second-order valence-electron chi connectivity index (χ2n) is 3.66. The van der Waals surface area contributed by atoms with Gasteiger partial charge in [-0.05, 0) is 0 Å². The Morgan fingerprint density at radius 3 is 1.12 bits per heavy atom. The van der Waals surface area contributed by atoms with E-state index in [1.807, 2.05) is 13.8 Å².